The molecule has 230 valence electrons. The van der Waals surface area contributed by atoms with Crippen molar-refractivity contribution in [3.8, 4) is 16.9 Å². The molecule has 1 N–H and O–H groups in total. The van der Waals surface area contributed by atoms with Crippen molar-refractivity contribution in [2.75, 3.05) is 42.5 Å². The lowest BCUT2D eigenvalue weighted by atomic mass is 10.00. The summed E-state index contributed by atoms with van der Waals surface area (Å²) in [6, 6.07) is 6.04. The zero-order chi connectivity index (χ0) is 29.9. The van der Waals surface area contributed by atoms with Crippen molar-refractivity contribution >= 4 is 40.2 Å². The maximum absolute atomic E-state index is 16.5. The number of phenolic OH excluding ortho intramolecular Hbond substituents is 1. The van der Waals surface area contributed by atoms with Gasteiger partial charge in [0.25, 0.3) is 0 Å². The summed E-state index contributed by atoms with van der Waals surface area (Å²) >= 11 is 6.62. The first-order valence-electron chi connectivity index (χ1n) is 14.5. The first-order chi connectivity index (χ1) is 20.1. The van der Waals surface area contributed by atoms with Gasteiger partial charge in [-0.25, -0.2) is 13.8 Å². The second-order valence-electron chi connectivity index (χ2n) is 11.6. The molecule has 3 aromatic rings. The number of piperazine rings is 1. The maximum atomic E-state index is 16.5. The van der Waals surface area contributed by atoms with Crippen LogP contribution < -0.4 is 9.80 Å². The van der Waals surface area contributed by atoms with Gasteiger partial charge in [0.05, 0.1) is 10.6 Å². The minimum Gasteiger partial charge on any atom is -0.507 e. The standard InChI is InChI=1S/C31H35ClF2N6O2.CH4/c1-5-25(42)39-13-18(4)40(14-17(39)3)30-21-12-22(32)26(27-23(33)8-7-9-24(27)41)28(34)29(21)35-31(36-30)37-15-20(16-37)38(6-2)19-10-11-19;/h5,7-9,12,17-20,41H,1,6,10-11,13-16H2,2-4H3;1H4/t17-,18+;/m1./s1. The fraction of sp³-hybridized carbons (Fsp3) is 0.469. The second kappa shape index (κ2) is 11.9. The smallest absolute Gasteiger partial charge is 0.246 e. The topological polar surface area (TPSA) is 76.0 Å². The molecule has 6 rings (SSSR count). The Balaban J connectivity index is 0.00000368. The molecular formula is C32H39ClF2N6O2. The number of nitrogens with zero attached hydrogens (tertiary/aromatic N) is 6. The number of aromatic nitrogens is 2. The fourth-order valence-corrected chi connectivity index (χ4v) is 6.70. The molecule has 1 saturated carbocycles. The first kappa shape index (κ1) is 30.9. The van der Waals surface area contributed by atoms with Gasteiger partial charge in [-0.1, -0.05) is 38.6 Å². The van der Waals surface area contributed by atoms with E-state index in [0.717, 1.165) is 25.7 Å². The quantitative estimate of drug-likeness (QED) is 0.335. The highest BCUT2D eigenvalue weighted by molar-refractivity contribution is 6.34. The van der Waals surface area contributed by atoms with E-state index < -0.39 is 17.4 Å². The van der Waals surface area contributed by atoms with E-state index in [1.54, 1.807) is 11.0 Å². The molecule has 0 radical (unpaired) electrons. The zero-order valence-electron chi connectivity index (χ0n) is 24.0. The summed E-state index contributed by atoms with van der Waals surface area (Å²) in [7, 11) is 0. The molecule has 3 heterocycles. The molecule has 1 aliphatic carbocycles. The number of carbonyl (C=O) groups excluding carboxylic acids is 1. The predicted molar refractivity (Wildman–Crippen MR) is 168 cm³/mol. The minimum absolute atomic E-state index is 0. The Morgan fingerprint density at radius 1 is 1.12 bits per heavy atom. The van der Waals surface area contributed by atoms with Crippen LogP contribution in [0.4, 0.5) is 20.5 Å². The average molecular weight is 613 g/mol. The molecule has 0 bridgehead atoms. The molecule has 1 amide bonds. The lowest BCUT2D eigenvalue weighted by Gasteiger charge is -2.46. The number of aromatic hydroxyl groups is 1. The molecule has 2 saturated heterocycles. The Hall–Kier alpha value is -3.50. The number of phenols is 1. The van der Waals surface area contributed by atoms with Gasteiger partial charge in [0, 0.05) is 61.3 Å². The summed E-state index contributed by atoms with van der Waals surface area (Å²) in [5, 5.41) is 10.8. The SMILES string of the molecule is C.C=CC(=O)N1C[C@H](C)N(c2nc(N3CC(N(CC)C4CC4)C3)nc3c(F)c(-c4c(O)cccc4F)c(Cl)cc23)C[C@H]1C. The summed E-state index contributed by atoms with van der Waals surface area (Å²) in [5.41, 5.74) is -0.556. The van der Waals surface area contributed by atoms with Crippen molar-refractivity contribution < 1.29 is 18.7 Å². The molecule has 8 nitrogen and oxygen atoms in total. The van der Waals surface area contributed by atoms with Crippen molar-refractivity contribution in [2.24, 2.45) is 0 Å². The normalized spacial score (nSPS) is 20.8. The number of rotatable bonds is 7. The second-order valence-corrected chi connectivity index (χ2v) is 12.0. The largest absolute Gasteiger partial charge is 0.507 e. The van der Waals surface area contributed by atoms with E-state index in [0.29, 0.717) is 42.3 Å². The van der Waals surface area contributed by atoms with Crippen molar-refractivity contribution in [2.45, 2.75) is 65.2 Å². The number of carbonyl (C=O) groups is 1. The molecule has 43 heavy (non-hydrogen) atoms. The van der Waals surface area contributed by atoms with E-state index >= 15 is 4.39 Å². The Labute approximate surface area is 256 Å². The molecule has 3 fully saturated rings. The molecule has 3 aliphatic rings. The van der Waals surface area contributed by atoms with Gasteiger partial charge >= 0.3 is 0 Å². The van der Waals surface area contributed by atoms with Crippen LogP contribution in [0.5, 0.6) is 5.75 Å². The number of halogens is 3. The molecule has 2 aromatic carbocycles. The summed E-state index contributed by atoms with van der Waals surface area (Å²) in [6.07, 6.45) is 3.75. The van der Waals surface area contributed by atoms with E-state index in [-0.39, 0.29) is 47.1 Å². The monoisotopic (exact) mass is 612 g/mol. The predicted octanol–water partition coefficient (Wildman–Crippen LogP) is 5.85. The van der Waals surface area contributed by atoms with Gasteiger partial charge in [0.2, 0.25) is 11.9 Å². The number of hydrogen-bond acceptors (Lipinski definition) is 7. The van der Waals surface area contributed by atoms with Gasteiger partial charge in [0.15, 0.2) is 5.82 Å². The highest BCUT2D eigenvalue weighted by Gasteiger charge is 2.41. The van der Waals surface area contributed by atoms with Gasteiger partial charge in [-0.3, -0.25) is 9.69 Å². The van der Waals surface area contributed by atoms with E-state index in [1.165, 1.54) is 31.1 Å². The van der Waals surface area contributed by atoms with Crippen LogP contribution in [-0.2, 0) is 4.79 Å². The average Bonchev–Trinajstić information content (AvgIpc) is 3.78. The first-order valence-corrected chi connectivity index (χ1v) is 14.9. The van der Waals surface area contributed by atoms with E-state index in [2.05, 4.69) is 28.3 Å². The van der Waals surface area contributed by atoms with Crippen molar-refractivity contribution in [1.29, 1.82) is 0 Å². The summed E-state index contributed by atoms with van der Waals surface area (Å²) in [6.45, 7) is 13.0. The number of amides is 1. The summed E-state index contributed by atoms with van der Waals surface area (Å²) in [4.78, 5) is 30.5. The highest BCUT2D eigenvalue weighted by atomic mass is 35.5. The molecule has 1 aromatic heterocycles. The van der Waals surface area contributed by atoms with Gasteiger partial charge in [-0.15, -0.1) is 0 Å². The third-order valence-electron chi connectivity index (χ3n) is 8.80. The lowest BCUT2D eigenvalue weighted by Crippen LogP contribution is -2.61. The van der Waals surface area contributed by atoms with Crippen LogP contribution in [0.15, 0.2) is 36.9 Å². The molecule has 11 heteroatoms. The van der Waals surface area contributed by atoms with Crippen LogP contribution in [-0.4, -0.2) is 87.7 Å². The Kier molecular flexibility index (Phi) is 8.55. The fourth-order valence-electron chi connectivity index (χ4n) is 6.41. The lowest BCUT2D eigenvalue weighted by molar-refractivity contribution is -0.128. The summed E-state index contributed by atoms with van der Waals surface area (Å²) in [5.74, 6) is -1.29. The molecule has 0 spiro atoms. The minimum atomic E-state index is -0.825. The van der Waals surface area contributed by atoms with Crippen LogP contribution in [0.2, 0.25) is 5.02 Å². The maximum Gasteiger partial charge on any atom is 0.246 e. The molecule has 0 unspecified atom stereocenters. The highest BCUT2D eigenvalue weighted by Crippen LogP contribution is 2.43. The number of anilines is 2. The van der Waals surface area contributed by atoms with E-state index in [1.807, 2.05) is 18.7 Å². The van der Waals surface area contributed by atoms with Gasteiger partial charge in [-0.2, -0.15) is 4.98 Å². The third kappa shape index (κ3) is 5.40. The van der Waals surface area contributed by atoms with E-state index in [9.17, 15) is 14.3 Å². The number of fused-ring (bicyclic) bond motifs is 1. The van der Waals surface area contributed by atoms with Crippen LogP contribution >= 0.6 is 11.6 Å². The zero-order valence-corrected chi connectivity index (χ0v) is 24.8. The Bertz CT molecular complexity index is 1540. The molecular weight excluding hydrogens is 574 g/mol. The molecule has 2 atom stereocenters. The van der Waals surface area contributed by atoms with Gasteiger partial charge in [-0.05, 0) is 57.5 Å². The van der Waals surface area contributed by atoms with Gasteiger partial charge < -0.3 is 19.8 Å². The Morgan fingerprint density at radius 2 is 1.84 bits per heavy atom. The number of hydrogen-bond donors (Lipinski definition) is 1. The van der Waals surface area contributed by atoms with Crippen molar-refractivity contribution in [3.63, 3.8) is 0 Å². The van der Waals surface area contributed by atoms with Crippen molar-refractivity contribution in [1.82, 2.24) is 19.8 Å². The van der Waals surface area contributed by atoms with Crippen molar-refractivity contribution in [3.05, 3.63) is 53.6 Å². The molecule has 2 aliphatic heterocycles. The Morgan fingerprint density at radius 3 is 2.47 bits per heavy atom. The van der Waals surface area contributed by atoms with Crippen LogP contribution in [0, 0.1) is 11.6 Å². The summed E-state index contributed by atoms with van der Waals surface area (Å²) < 4.78 is 31.4. The van der Waals surface area contributed by atoms with Gasteiger partial charge in [0.1, 0.15) is 22.9 Å². The van der Waals surface area contributed by atoms with Crippen LogP contribution in [0.3, 0.4) is 0 Å². The number of likely N-dealkylation sites (N-methyl/N-ethyl adjacent to an activating group) is 1. The van der Waals surface area contributed by atoms with E-state index in [4.69, 9.17) is 16.6 Å². The van der Waals surface area contributed by atoms with Crippen LogP contribution in [0.25, 0.3) is 22.0 Å². The number of benzene rings is 2. The van der Waals surface area contributed by atoms with Crippen LogP contribution in [0.1, 0.15) is 41.0 Å². The third-order valence-corrected chi connectivity index (χ3v) is 9.10.